The molecule has 0 saturated carbocycles. The number of aromatic nitrogens is 2. The Hall–Kier alpha value is -1.43. The zero-order chi connectivity index (χ0) is 13.8. The van der Waals surface area contributed by atoms with E-state index in [4.69, 9.17) is 9.26 Å². The second-order valence-electron chi connectivity index (χ2n) is 5.08. The van der Waals surface area contributed by atoms with Crippen LogP contribution in [0.25, 0.3) is 0 Å². The summed E-state index contributed by atoms with van der Waals surface area (Å²) in [5.41, 5.74) is 0. The molecule has 1 aromatic heterocycles. The van der Waals surface area contributed by atoms with E-state index in [9.17, 15) is 4.79 Å². The molecule has 0 aliphatic carbocycles. The second-order valence-corrected chi connectivity index (χ2v) is 5.08. The largest absolute Gasteiger partial charge is 0.465 e. The molecule has 6 heteroatoms. The second kappa shape index (κ2) is 6.14. The summed E-state index contributed by atoms with van der Waals surface area (Å²) in [7, 11) is 0. The van der Waals surface area contributed by atoms with E-state index in [0.29, 0.717) is 24.9 Å². The summed E-state index contributed by atoms with van der Waals surface area (Å²) in [6, 6.07) is -0.172. The Kier molecular flexibility index (Phi) is 4.52. The van der Waals surface area contributed by atoms with Gasteiger partial charge in [-0.05, 0) is 26.3 Å². The molecule has 19 heavy (non-hydrogen) atoms. The maximum Gasteiger partial charge on any atom is 0.323 e. The Labute approximate surface area is 113 Å². The minimum absolute atomic E-state index is 0.149. The molecule has 0 spiro atoms. The Morgan fingerprint density at radius 3 is 3.00 bits per heavy atom. The molecule has 1 fully saturated rings. The summed E-state index contributed by atoms with van der Waals surface area (Å²) in [5, 5.41) is 3.94. The van der Waals surface area contributed by atoms with E-state index in [1.165, 1.54) is 0 Å². The number of ether oxygens (including phenoxy) is 1. The summed E-state index contributed by atoms with van der Waals surface area (Å²) in [5.74, 6) is 1.38. The molecule has 1 atom stereocenters. The molecule has 0 N–H and O–H groups in total. The Morgan fingerprint density at radius 1 is 1.58 bits per heavy atom. The molecular weight excluding hydrogens is 246 g/mol. The van der Waals surface area contributed by atoms with Gasteiger partial charge in [-0.15, -0.1) is 0 Å². The third kappa shape index (κ3) is 3.32. The van der Waals surface area contributed by atoms with Crippen molar-refractivity contribution in [2.75, 3.05) is 13.2 Å². The normalized spacial score (nSPS) is 20.1. The molecule has 0 amide bonds. The Morgan fingerprint density at radius 2 is 2.37 bits per heavy atom. The zero-order valence-electron chi connectivity index (χ0n) is 11.8. The van der Waals surface area contributed by atoms with Gasteiger partial charge in [0, 0.05) is 5.92 Å². The number of rotatable bonds is 5. The highest BCUT2D eigenvalue weighted by molar-refractivity contribution is 5.76. The Balaban J connectivity index is 1.98. The first kappa shape index (κ1) is 14.0. The van der Waals surface area contributed by atoms with Gasteiger partial charge in [0.25, 0.3) is 0 Å². The number of nitrogens with zero attached hydrogens (tertiary/aromatic N) is 3. The predicted octanol–water partition coefficient (Wildman–Crippen LogP) is 1.72. The first-order valence-electron chi connectivity index (χ1n) is 6.85. The van der Waals surface area contributed by atoms with Crippen molar-refractivity contribution in [3.8, 4) is 0 Å². The molecule has 2 rings (SSSR count). The summed E-state index contributed by atoms with van der Waals surface area (Å²) in [6.07, 6.45) is 1.83. The van der Waals surface area contributed by atoms with Crippen LogP contribution in [-0.2, 0) is 16.1 Å². The van der Waals surface area contributed by atoms with Crippen LogP contribution in [0.15, 0.2) is 4.52 Å². The fraction of sp³-hybridized carbons (Fsp3) is 0.769. The lowest BCUT2D eigenvalue weighted by Gasteiger charge is -2.20. The van der Waals surface area contributed by atoms with Gasteiger partial charge in [0.1, 0.15) is 6.04 Å². The highest BCUT2D eigenvalue weighted by Gasteiger charge is 2.32. The van der Waals surface area contributed by atoms with E-state index < -0.39 is 0 Å². The highest BCUT2D eigenvalue weighted by atomic mass is 16.5. The van der Waals surface area contributed by atoms with Gasteiger partial charge in [-0.2, -0.15) is 4.98 Å². The SMILES string of the molecule is CCOC(=O)C1CCCN1Cc1nc(C(C)C)no1. The quantitative estimate of drug-likeness (QED) is 0.757. The minimum atomic E-state index is -0.172. The lowest BCUT2D eigenvalue weighted by molar-refractivity contribution is -0.148. The topological polar surface area (TPSA) is 68.5 Å². The molecule has 106 valence electrons. The van der Waals surface area contributed by atoms with Crippen molar-refractivity contribution < 1.29 is 14.1 Å². The smallest absolute Gasteiger partial charge is 0.323 e. The molecule has 1 aromatic rings. The molecule has 0 bridgehead atoms. The fourth-order valence-electron chi connectivity index (χ4n) is 2.26. The molecule has 0 radical (unpaired) electrons. The molecule has 2 heterocycles. The summed E-state index contributed by atoms with van der Waals surface area (Å²) >= 11 is 0. The number of carbonyl (C=O) groups excluding carboxylic acids is 1. The van der Waals surface area contributed by atoms with E-state index in [2.05, 4.69) is 15.0 Å². The van der Waals surface area contributed by atoms with Crippen LogP contribution >= 0.6 is 0 Å². The number of hydrogen-bond acceptors (Lipinski definition) is 6. The molecule has 1 unspecified atom stereocenters. The van der Waals surface area contributed by atoms with Gasteiger partial charge in [0.15, 0.2) is 5.82 Å². The van der Waals surface area contributed by atoms with Crippen molar-refractivity contribution >= 4 is 5.97 Å². The molecule has 1 saturated heterocycles. The summed E-state index contributed by atoms with van der Waals surface area (Å²) < 4.78 is 10.3. The van der Waals surface area contributed by atoms with Crippen LogP contribution in [0.2, 0.25) is 0 Å². The standard InChI is InChI=1S/C13H21N3O3/c1-4-18-13(17)10-6-5-7-16(10)8-11-14-12(9(2)3)15-19-11/h9-10H,4-8H2,1-3H3. The van der Waals surface area contributed by atoms with E-state index in [1.807, 2.05) is 20.8 Å². The van der Waals surface area contributed by atoms with E-state index in [1.54, 1.807) is 0 Å². The van der Waals surface area contributed by atoms with Crippen LogP contribution in [0.3, 0.4) is 0 Å². The highest BCUT2D eigenvalue weighted by Crippen LogP contribution is 2.21. The number of carbonyl (C=O) groups is 1. The monoisotopic (exact) mass is 267 g/mol. The number of hydrogen-bond donors (Lipinski definition) is 0. The predicted molar refractivity (Wildman–Crippen MR) is 68.5 cm³/mol. The molecule has 1 aliphatic rings. The lowest BCUT2D eigenvalue weighted by atomic mass is 10.2. The molecule has 1 aliphatic heterocycles. The van der Waals surface area contributed by atoms with Gasteiger partial charge in [-0.3, -0.25) is 9.69 Å². The third-order valence-corrected chi connectivity index (χ3v) is 3.26. The third-order valence-electron chi connectivity index (χ3n) is 3.26. The maximum absolute atomic E-state index is 11.8. The minimum Gasteiger partial charge on any atom is -0.465 e. The van der Waals surface area contributed by atoms with Crippen molar-refractivity contribution in [1.29, 1.82) is 0 Å². The summed E-state index contributed by atoms with van der Waals surface area (Å²) in [6.45, 7) is 7.66. The van der Waals surface area contributed by atoms with Crippen LogP contribution in [0.4, 0.5) is 0 Å². The first-order chi connectivity index (χ1) is 9.11. The zero-order valence-corrected chi connectivity index (χ0v) is 11.8. The van der Waals surface area contributed by atoms with Crippen molar-refractivity contribution in [1.82, 2.24) is 15.0 Å². The van der Waals surface area contributed by atoms with Gasteiger partial charge >= 0.3 is 5.97 Å². The van der Waals surface area contributed by atoms with Crippen molar-refractivity contribution in [3.63, 3.8) is 0 Å². The van der Waals surface area contributed by atoms with Gasteiger partial charge in [0.2, 0.25) is 5.89 Å². The van der Waals surface area contributed by atoms with Gasteiger partial charge in [0.05, 0.1) is 13.2 Å². The van der Waals surface area contributed by atoms with Gasteiger partial charge < -0.3 is 9.26 Å². The fourth-order valence-corrected chi connectivity index (χ4v) is 2.26. The molecule has 0 aromatic carbocycles. The van der Waals surface area contributed by atoms with Crippen LogP contribution in [0, 0.1) is 0 Å². The van der Waals surface area contributed by atoms with Crippen molar-refractivity contribution in [2.24, 2.45) is 0 Å². The molecular formula is C13H21N3O3. The van der Waals surface area contributed by atoms with Crippen LogP contribution in [0.1, 0.15) is 51.2 Å². The number of likely N-dealkylation sites (tertiary alicyclic amines) is 1. The van der Waals surface area contributed by atoms with Gasteiger partial charge in [-0.25, -0.2) is 0 Å². The maximum atomic E-state index is 11.8. The van der Waals surface area contributed by atoms with E-state index in [0.717, 1.165) is 19.4 Å². The average molecular weight is 267 g/mol. The van der Waals surface area contributed by atoms with Crippen LogP contribution in [0.5, 0.6) is 0 Å². The van der Waals surface area contributed by atoms with Crippen molar-refractivity contribution in [3.05, 3.63) is 11.7 Å². The van der Waals surface area contributed by atoms with E-state index >= 15 is 0 Å². The van der Waals surface area contributed by atoms with Crippen molar-refractivity contribution in [2.45, 2.75) is 52.1 Å². The van der Waals surface area contributed by atoms with Gasteiger partial charge in [-0.1, -0.05) is 19.0 Å². The van der Waals surface area contributed by atoms with E-state index in [-0.39, 0.29) is 17.9 Å². The van der Waals surface area contributed by atoms with Crippen LogP contribution in [-0.4, -0.2) is 40.2 Å². The lowest BCUT2D eigenvalue weighted by Crippen LogP contribution is -2.36. The number of esters is 1. The average Bonchev–Trinajstić information content (AvgIpc) is 2.99. The molecule has 6 nitrogen and oxygen atoms in total. The first-order valence-corrected chi connectivity index (χ1v) is 6.85. The summed E-state index contributed by atoms with van der Waals surface area (Å²) in [4.78, 5) is 18.2. The Bertz CT molecular complexity index is 431. The van der Waals surface area contributed by atoms with Crippen LogP contribution < -0.4 is 0 Å².